The predicted octanol–water partition coefficient (Wildman–Crippen LogP) is 6.46. The zero-order valence-corrected chi connectivity index (χ0v) is 14.3. The lowest BCUT2D eigenvalue weighted by atomic mass is 10.0. The number of hydrogen-bond donors (Lipinski definition) is 0. The van der Waals surface area contributed by atoms with E-state index >= 15 is 0 Å². The maximum Gasteiger partial charge on any atom is 0.130 e. The molecule has 0 amide bonds. The summed E-state index contributed by atoms with van der Waals surface area (Å²) in [5.41, 5.74) is 3.39. The molecule has 0 radical (unpaired) electrons. The number of alkyl halides is 1. The molecule has 3 heteroatoms. The molecule has 2 aromatic carbocycles. The van der Waals surface area contributed by atoms with Crippen molar-refractivity contribution in [2.24, 2.45) is 0 Å². The Bertz CT molecular complexity index is 591. The van der Waals surface area contributed by atoms with E-state index in [-0.39, 0.29) is 0 Å². The van der Waals surface area contributed by atoms with Gasteiger partial charge in [0.2, 0.25) is 0 Å². The summed E-state index contributed by atoms with van der Waals surface area (Å²) in [5.74, 6) is 2.08. The van der Waals surface area contributed by atoms with Crippen LogP contribution in [-0.2, 0) is 5.33 Å². The maximum atomic E-state index is 6.28. The first-order valence-corrected chi connectivity index (χ1v) is 8.14. The van der Waals surface area contributed by atoms with Gasteiger partial charge in [-0.15, -0.1) is 0 Å². The zero-order valence-electron chi connectivity index (χ0n) is 11.9. The molecule has 2 rings (SSSR count). The van der Waals surface area contributed by atoms with E-state index in [9.17, 15) is 0 Å². The molecule has 0 aliphatic carbocycles. The monoisotopic (exact) mass is 352 g/mol. The molecule has 20 heavy (non-hydrogen) atoms. The average molecular weight is 354 g/mol. The van der Waals surface area contributed by atoms with E-state index in [1.54, 1.807) is 0 Å². The predicted molar refractivity (Wildman–Crippen MR) is 89.4 cm³/mol. The van der Waals surface area contributed by atoms with Crippen molar-refractivity contribution >= 4 is 27.5 Å². The van der Waals surface area contributed by atoms with Crippen molar-refractivity contribution in [1.29, 1.82) is 0 Å². The minimum atomic E-state index is 0.376. The van der Waals surface area contributed by atoms with Crippen LogP contribution >= 0.6 is 27.5 Å². The third-order valence-corrected chi connectivity index (χ3v) is 4.20. The van der Waals surface area contributed by atoms with Crippen molar-refractivity contribution < 1.29 is 4.74 Å². The fourth-order valence-electron chi connectivity index (χ4n) is 1.99. The molecule has 0 heterocycles. The Balaban J connectivity index is 2.30. The standard InChI is InChI=1S/C17H18BrClO/c1-11(2)15-9-17(12(3)8-16(15)19)20-14-6-4-13(10-18)5-7-14/h4-9,11H,10H2,1-3H3. The number of benzene rings is 2. The van der Waals surface area contributed by atoms with Gasteiger partial charge in [-0.05, 0) is 53.8 Å². The first kappa shape index (κ1) is 15.4. The second kappa shape index (κ2) is 6.64. The summed E-state index contributed by atoms with van der Waals surface area (Å²) in [6.45, 7) is 6.27. The highest BCUT2D eigenvalue weighted by Crippen LogP contribution is 2.33. The first-order valence-electron chi connectivity index (χ1n) is 6.64. The zero-order chi connectivity index (χ0) is 14.7. The van der Waals surface area contributed by atoms with Crippen LogP contribution in [0.1, 0.15) is 36.5 Å². The molecule has 0 fully saturated rings. The molecule has 0 saturated carbocycles. The normalized spacial score (nSPS) is 10.9. The Hall–Kier alpha value is -0.990. The van der Waals surface area contributed by atoms with E-state index in [2.05, 4.69) is 41.9 Å². The highest BCUT2D eigenvalue weighted by Gasteiger charge is 2.10. The number of hydrogen-bond acceptors (Lipinski definition) is 1. The van der Waals surface area contributed by atoms with E-state index in [0.29, 0.717) is 5.92 Å². The molecule has 0 aliphatic heterocycles. The molecule has 0 N–H and O–H groups in total. The summed E-state index contributed by atoms with van der Waals surface area (Å²) in [5, 5.41) is 1.66. The number of ether oxygens (including phenoxy) is 1. The lowest BCUT2D eigenvalue weighted by Gasteiger charge is -2.14. The lowest BCUT2D eigenvalue weighted by molar-refractivity contribution is 0.477. The van der Waals surface area contributed by atoms with E-state index in [4.69, 9.17) is 16.3 Å². The van der Waals surface area contributed by atoms with Gasteiger partial charge in [0, 0.05) is 10.4 Å². The molecular formula is C17H18BrClO. The fourth-order valence-corrected chi connectivity index (χ4v) is 2.80. The maximum absolute atomic E-state index is 6.28. The van der Waals surface area contributed by atoms with Gasteiger partial charge in [-0.2, -0.15) is 0 Å². The van der Waals surface area contributed by atoms with Gasteiger partial charge in [0.05, 0.1) is 0 Å². The van der Waals surface area contributed by atoms with Gasteiger partial charge < -0.3 is 4.74 Å². The van der Waals surface area contributed by atoms with Crippen molar-refractivity contribution in [3.8, 4) is 11.5 Å². The second-order valence-corrected chi connectivity index (χ2v) is 6.14. The van der Waals surface area contributed by atoms with Gasteiger partial charge in [0.25, 0.3) is 0 Å². The Kier molecular flexibility index (Phi) is 5.11. The van der Waals surface area contributed by atoms with Crippen LogP contribution in [0.5, 0.6) is 11.5 Å². The van der Waals surface area contributed by atoms with E-state index in [1.165, 1.54) is 5.56 Å². The summed E-state index contributed by atoms with van der Waals surface area (Å²) in [7, 11) is 0. The number of halogens is 2. The minimum absolute atomic E-state index is 0.376. The van der Waals surface area contributed by atoms with E-state index < -0.39 is 0 Å². The van der Waals surface area contributed by atoms with Crippen LogP contribution in [0.25, 0.3) is 0 Å². The average Bonchev–Trinajstić information content (AvgIpc) is 2.42. The van der Waals surface area contributed by atoms with Crippen LogP contribution in [-0.4, -0.2) is 0 Å². The molecule has 0 unspecified atom stereocenters. The largest absolute Gasteiger partial charge is 0.457 e. The Labute approximate surface area is 134 Å². The van der Waals surface area contributed by atoms with Crippen molar-refractivity contribution in [1.82, 2.24) is 0 Å². The summed E-state index contributed by atoms with van der Waals surface area (Å²) in [6, 6.07) is 12.1. The summed E-state index contributed by atoms with van der Waals surface area (Å²) in [6.07, 6.45) is 0. The molecule has 106 valence electrons. The van der Waals surface area contributed by atoms with Crippen molar-refractivity contribution in [2.75, 3.05) is 0 Å². The summed E-state index contributed by atoms with van der Waals surface area (Å²) < 4.78 is 5.98. The smallest absolute Gasteiger partial charge is 0.130 e. The summed E-state index contributed by atoms with van der Waals surface area (Å²) in [4.78, 5) is 0. The molecule has 0 bridgehead atoms. The lowest BCUT2D eigenvalue weighted by Crippen LogP contribution is -1.94. The minimum Gasteiger partial charge on any atom is -0.457 e. The molecule has 0 saturated heterocycles. The molecule has 0 aliphatic rings. The Morgan fingerprint density at radius 1 is 1.15 bits per heavy atom. The Morgan fingerprint density at radius 3 is 2.35 bits per heavy atom. The van der Waals surface area contributed by atoms with Gasteiger partial charge >= 0.3 is 0 Å². The molecular weight excluding hydrogens is 336 g/mol. The van der Waals surface area contributed by atoms with Crippen molar-refractivity contribution in [3.05, 3.63) is 58.1 Å². The molecule has 2 aromatic rings. The third-order valence-electron chi connectivity index (χ3n) is 3.22. The van der Waals surface area contributed by atoms with E-state index in [1.807, 2.05) is 31.2 Å². The van der Waals surface area contributed by atoms with Gasteiger partial charge in [-0.1, -0.05) is 53.5 Å². The topological polar surface area (TPSA) is 9.23 Å². The molecule has 0 atom stereocenters. The van der Waals surface area contributed by atoms with Crippen molar-refractivity contribution in [3.63, 3.8) is 0 Å². The number of aryl methyl sites for hydroxylation is 1. The van der Waals surface area contributed by atoms with E-state index in [0.717, 1.165) is 33.0 Å². The van der Waals surface area contributed by atoms with Crippen LogP contribution in [0.15, 0.2) is 36.4 Å². The molecule has 1 nitrogen and oxygen atoms in total. The van der Waals surface area contributed by atoms with Crippen LogP contribution in [0.2, 0.25) is 5.02 Å². The summed E-state index contributed by atoms with van der Waals surface area (Å²) >= 11 is 9.72. The quantitative estimate of drug-likeness (QED) is 0.573. The number of rotatable bonds is 4. The van der Waals surface area contributed by atoms with Gasteiger partial charge in [-0.3, -0.25) is 0 Å². The van der Waals surface area contributed by atoms with Crippen molar-refractivity contribution in [2.45, 2.75) is 32.0 Å². The van der Waals surface area contributed by atoms with Crippen LogP contribution < -0.4 is 4.74 Å². The second-order valence-electron chi connectivity index (χ2n) is 5.17. The highest BCUT2D eigenvalue weighted by atomic mass is 79.9. The van der Waals surface area contributed by atoms with Gasteiger partial charge in [-0.25, -0.2) is 0 Å². The SMILES string of the molecule is Cc1cc(Cl)c(C(C)C)cc1Oc1ccc(CBr)cc1. The third kappa shape index (κ3) is 3.56. The highest BCUT2D eigenvalue weighted by molar-refractivity contribution is 9.08. The molecule has 0 spiro atoms. The van der Waals surface area contributed by atoms with Crippen LogP contribution in [0, 0.1) is 6.92 Å². The van der Waals surface area contributed by atoms with Crippen LogP contribution in [0.4, 0.5) is 0 Å². The Morgan fingerprint density at radius 2 is 1.80 bits per heavy atom. The first-order chi connectivity index (χ1) is 9.51. The van der Waals surface area contributed by atoms with Gasteiger partial charge in [0.15, 0.2) is 0 Å². The fraction of sp³-hybridized carbons (Fsp3) is 0.294. The van der Waals surface area contributed by atoms with Crippen LogP contribution in [0.3, 0.4) is 0 Å². The van der Waals surface area contributed by atoms with Gasteiger partial charge in [0.1, 0.15) is 11.5 Å². The molecule has 0 aromatic heterocycles.